The molecule has 1 N–H and O–H groups in total. The Labute approximate surface area is 175 Å². The number of pyridine rings is 1. The van der Waals surface area contributed by atoms with Crippen LogP contribution in [0.2, 0.25) is 0 Å². The van der Waals surface area contributed by atoms with Gasteiger partial charge < -0.3 is 15.0 Å². The van der Waals surface area contributed by atoms with Crippen molar-refractivity contribution < 1.29 is 14.3 Å². The zero-order chi connectivity index (χ0) is 20.9. The highest BCUT2D eigenvalue weighted by molar-refractivity contribution is 6.07. The molecule has 0 unspecified atom stereocenters. The molecule has 0 fully saturated rings. The highest BCUT2D eigenvalue weighted by Crippen LogP contribution is 2.27. The molecule has 0 radical (unpaired) electrons. The molecule has 2 aromatic carbocycles. The molecule has 2 heterocycles. The third-order valence-electron chi connectivity index (χ3n) is 5.21. The summed E-state index contributed by atoms with van der Waals surface area (Å²) < 4.78 is 5.23. The molecule has 0 spiro atoms. The Bertz CT molecular complexity index is 1060. The molecular weight excluding hydrogens is 378 g/mol. The van der Waals surface area contributed by atoms with Crippen molar-refractivity contribution >= 4 is 23.3 Å². The molecule has 0 atom stereocenters. The lowest BCUT2D eigenvalue weighted by Gasteiger charge is -2.23. The maximum Gasteiger partial charge on any atom is 0.260 e. The highest BCUT2D eigenvalue weighted by Gasteiger charge is 2.22. The fourth-order valence-corrected chi connectivity index (χ4v) is 3.67. The van der Waals surface area contributed by atoms with Gasteiger partial charge in [0.25, 0.3) is 11.8 Å². The largest absolute Gasteiger partial charge is 0.496 e. The fraction of sp³-hybridized carbons (Fsp3) is 0.208. The summed E-state index contributed by atoms with van der Waals surface area (Å²) in [6.45, 7) is 0.683. The Kier molecular flexibility index (Phi) is 5.75. The first kappa shape index (κ1) is 19.6. The molecule has 6 nitrogen and oxygen atoms in total. The minimum atomic E-state index is -0.319. The van der Waals surface area contributed by atoms with Crippen LogP contribution in [-0.4, -0.2) is 30.5 Å². The molecule has 0 aliphatic carbocycles. The Morgan fingerprint density at radius 3 is 2.60 bits per heavy atom. The molecule has 2 amide bonds. The Morgan fingerprint density at radius 1 is 1.00 bits per heavy atom. The van der Waals surface area contributed by atoms with Crippen LogP contribution in [-0.2, 0) is 6.42 Å². The van der Waals surface area contributed by atoms with Crippen molar-refractivity contribution in [1.82, 2.24) is 4.98 Å². The lowest BCUT2D eigenvalue weighted by atomic mass is 10.1. The van der Waals surface area contributed by atoms with E-state index in [0.29, 0.717) is 29.2 Å². The summed E-state index contributed by atoms with van der Waals surface area (Å²) >= 11 is 0. The number of carbonyl (C=O) groups is 2. The molecule has 0 saturated heterocycles. The van der Waals surface area contributed by atoms with E-state index in [9.17, 15) is 9.59 Å². The summed E-state index contributed by atoms with van der Waals surface area (Å²) in [6, 6.07) is 18.4. The van der Waals surface area contributed by atoms with E-state index in [-0.39, 0.29) is 11.8 Å². The molecule has 0 bridgehead atoms. The van der Waals surface area contributed by atoms with Crippen LogP contribution >= 0.6 is 0 Å². The van der Waals surface area contributed by atoms with Crippen LogP contribution in [0, 0.1) is 0 Å². The highest BCUT2D eigenvalue weighted by atomic mass is 16.5. The third-order valence-corrected chi connectivity index (χ3v) is 5.21. The molecule has 152 valence electrons. The number of nitrogens with zero attached hydrogens (tertiary/aromatic N) is 2. The molecule has 4 rings (SSSR count). The topological polar surface area (TPSA) is 71.5 Å². The maximum absolute atomic E-state index is 13.1. The quantitative estimate of drug-likeness (QED) is 0.707. The molecule has 1 aliphatic rings. The molecule has 0 saturated carbocycles. The number of carbonyl (C=O) groups excluding carboxylic acids is 2. The average molecular weight is 401 g/mol. The van der Waals surface area contributed by atoms with Crippen LogP contribution in [0.3, 0.4) is 0 Å². The summed E-state index contributed by atoms with van der Waals surface area (Å²) in [5.41, 5.74) is 3.07. The lowest BCUT2D eigenvalue weighted by Crippen LogP contribution is -2.31. The maximum atomic E-state index is 13.1. The van der Waals surface area contributed by atoms with Gasteiger partial charge in [0.15, 0.2) is 0 Å². The SMILES string of the molecule is COc1ccccc1C(=O)Nc1ccc(C(=O)N2CCCCc3ccccc32)cn1. The lowest BCUT2D eigenvalue weighted by molar-refractivity contribution is 0.0985. The van der Waals surface area contributed by atoms with Crippen LogP contribution in [0.15, 0.2) is 66.9 Å². The van der Waals surface area contributed by atoms with Gasteiger partial charge in [-0.1, -0.05) is 30.3 Å². The van der Waals surface area contributed by atoms with E-state index in [1.165, 1.54) is 18.9 Å². The van der Waals surface area contributed by atoms with Crippen molar-refractivity contribution in [3.8, 4) is 5.75 Å². The van der Waals surface area contributed by atoms with E-state index in [4.69, 9.17) is 4.74 Å². The number of aryl methyl sites for hydroxylation is 1. The van der Waals surface area contributed by atoms with Crippen molar-refractivity contribution in [3.63, 3.8) is 0 Å². The minimum absolute atomic E-state index is 0.0838. The van der Waals surface area contributed by atoms with E-state index >= 15 is 0 Å². The smallest absolute Gasteiger partial charge is 0.260 e. The van der Waals surface area contributed by atoms with E-state index in [1.54, 1.807) is 36.4 Å². The number of hydrogen-bond acceptors (Lipinski definition) is 4. The first-order valence-corrected chi connectivity index (χ1v) is 9.97. The Morgan fingerprint density at radius 2 is 1.80 bits per heavy atom. The van der Waals surface area contributed by atoms with Gasteiger partial charge in [0, 0.05) is 18.4 Å². The average Bonchev–Trinajstić information content (AvgIpc) is 3.01. The number of methoxy groups -OCH3 is 1. The summed E-state index contributed by atoms with van der Waals surface area (Å²) in [6.07, 6.45) is 4.51. The van der Waals surface area contributed by atoms with Crippen LogP contribution in [0.1, 0.15) is 39.1 Å². The van der Waals surface area contributed by atoms with Gasteiger partial charge in [-0.05, 0) is 55.2 Å². The number of fused-ring (bicyclic) bond motifs is 1. The summed E-state index contributed by atoms with van der Waals surface area (Å²) in [5, 5.41) is 2.75. The number of para-hydroxylation sites is 2. The monoisotopic (exact) mass is 401 g/mol. The normalized spacial score (nSPS) is 13.2. The van der Waals surface area contributed by atoms with Gasteiger partial charge in [0.05, 0.1) is 18.2 Å². The van der Waals surface area contributed by atoms with E-state index in [1.807, 2.05) is 23.1 Å². The molecule has 1 aromatic heterocycles. The summed E-state index contributed by atoms with van der Waals surface area (Å²) in [7, 11) is 1.52. The molecular formula is C24H23N3O3. The molecule has 30 heavy (non-hydrogen) atoms. The summed E-state index contributed by atoms with van der Waals surface area (Å²) in [4.78, 5) is 31.8. The minimum Gasteiger partial charge on any atom is -0.496 e. The number of nitrogens with one attached hydrogen (secondary N) is 1. The Balaban J connectivity index is 1.51. The predicted molar refractivity (Wildman–Crippen MR) is 116 cm³/mol. The number of anilines is 2. The first-order valence-electron chi connectivity index (χ1n) is 9.97. The van der Waals surface area contributed by atoms with E-state index in [0.717, 1.165) is 24.9 Å². The molecule has 6 heteroatoms. The second kappa shape index (κ2) is 8.78. The number of amides is 2. The van der Waals surface area contributed by atoms with Crippen molar-refractivity contribution in [3.05, 3.63) is 83.6 Å². The number of benzene rings is 2. The zero-order valence-electron chi connectivity index (χ0n) is 16.8. The van der Waals surface area contributed by atoms with E-state index in [2.05, 4.69) is 16.4 Å². The molecule has 3 aromatic rings. The zero-order valence-corrected chi connectivity index (χ0v) is 16.8. The second-order valence-electron chi connectivity index (χ2n) is 7.13. The number of aromatic nitrogens is 1. The van der Waals surface area contributed by atoms with Gasteiger partial charge in [0.1, 0.15) is 11.6 Å². The predicted octanol–water partition coefficient (Wildman–Crippen LogP) is 4.33. The van der Waals surface area contributed by atoms with Gasteiger partial charge in [-0.3, -0.25) is 9.59 Å². The van der Waals surface area contributed by atoms with Crippen LogP contribution < -0.4 is 15.0 Å². The fourth-order valence-electron chi connectivity index (χ4n) is 3.67. The second-order valence-corrected chi connectivity index (χ2v) is 7.13. The van der Waals surface area contributed by atoms with Crippen molar-refractivity contribution in [2.24, 2.45) is 0 Å². The Hall–Kier alpha value is -3.67. The first-order chi connectivity index (χ1) is 14.7. The van der Waals surface area contributed by atoms with Crippen molar-refractivity contribution in [2.75, 3.05) is 23.9 Å². The van der Waals surface area contributed by atoms with Crippen LogP contribution in [0.4, 0.5) is 11.5 Å². The number of ether oxygens (including phenoxy) is 1. The van der Waals surface area contributed by atoms with E-state index < -0.39 is 0 Å². The van der Waals surface area contributed by atoms with Crippen molar-refractivity contribution in [1.29, 1.82) is 0 Å². The van der Waals surface area contributed by atoms with Gasteiger partial charge in [-0.2, -0.15) is 0 Å². The molecule has 1 aliphatic heterocycles. The van der Waals surface area contributed by atoms with Crippen LogP contribution in [0.25, 0.3) is 0 Å². The standard InChI is InChI=1S/C24H23N3O3/c1-30-21-12-5-3-10-19(21)23(28)26-22-14-13-18(16-25-22)24(29)27-15-7-6-9-17-8-2-4-11-20(17)27/h2-5,8,10-14,16H,6-7,9,15H2,1H3,(H,25,26,28). The van der Waals surface area contributed by atoms with Crippen LogP contribution in [0.5, 0.6) is 5.75 Å². The van der Waals surface area contributed by atoms with Crippen molar-refractivity contribution in [2.45, 2.75) is 19.3 Å². The van der Waals surface area contributed by atoms with Gasteiger partial charge >= 0.3 is 0 Å². The number of hydrogen-bond donors (Lipinski definition) is 1. The summed E-state index contributed by atoms with van der Waals surface area (Å²) in [5.74, 6) is 0.459. The van der Waals surface area contributed by atoms with Gasteiger partial charge in [-0.25, -0.2) is 4.98 Å². The van der Waals surface area contributed by atoms with Gasteiger partial charge in [0.2, 0.25) is 0 Å². The third kappa shape index (κ3) is 4.03. The number of rotatable bonds is 4. The van der Waals surface area contributed by atoms with Gasteiger partial charge in [-0.15, -0.1) is 0 Å².